The molecular formula is C25H32Cl2FN3O4S. The van der Waals surface area contributed by atoms with Gasteiger partial charge in [0.25, 0.3) is 0 Å². The van der Waals surface area contributed by atoms with Crippen LogP contribution in [-0.4, -0.2) is 75.2 Å². The summed E-state index contributed by atoms with van der Waals surface area (Å²) in [6.07, 6.45) is 4.85. The summed E-state index contributed by atoms with van der Waals surface area (Å²) in [5, 5.41) is 1.51. The fraction of sp³-hybridized carbons (Fsp3) is 0.400. The monoisotopic (exact) mass is 559 g/mol. The quantitative estimate of drug-likeness (QED) is 0.343. The van der Waals surface area contributed by atoms with Crippen molar-refractivity contribution < 1.29 is 22.3 Å². The summed E-state index contributed by atoms with van der Waals surface area (Å²) in [5.41, 5.74) is 0. The number of ether oxygens (including phenoxy) is 2. The molecule has 7 nitrogen and oxygen atoms in total. The highest BCUT2D eigenvalue weighted by molar-refractivity contribution is 7.89. The third kappa shape index (κ3) is 7.50. The Labute approximate surface area is 224 Å². The molecule has 1 aromatic heterocycles. The lowest BCUT2D eigenvalue weighted by molar-refractivity contribution is 0.0690. The molecule has 1 aliphatic rings. The van der Waals surface area contributed by atoms with Gasteiger partial charge in [0.2, 0.25) is 10.0 Å². The maximum Gasteiger partial charge on any atom is 0.243 e. The van der Waals surface area contributed by atoms with E-state index in [0.29, 0.717) is 35.9 Å². The topological polar surface area (TPSA) is 72.0 Å². The van der Waals surface area contributed by atoms with Crippen LogP contribution in [0.25, 0.3) is 10.8 Å². The number of aromatic nitrogens is 1. The highest BCUT2D eigenvalue weighted by atomic mass is 35.5. The largest absolute Gasteiger partial charge is 0.491 e. The molecule has 0 N–H and O–H groups in total. The second-order valence-corrected chi connectivity index (χ2v) is 10.3. The fourth-order valence-electron chi connectivity index (χ4n) is 4.22. The average molecular weight is 561 g/mol. The van der Waals surface area contributed by atoms with Crippen LogP contribution in [0.2, 0.25) is 0 Å². The van der Waals surface area contributed by atoms with E-state index in [1.54, 1.807) is 49.8 Å². The van der Waals surface area contributed by atoms with Gasteiger partial charge in [-0.2, -0.15) is 4.31 Å². The van der Waals surface area contributed by atoms with E-state index in [1.165, 1.54) is 16.4 Å². The molecule has 198 valence electrons. The third-order valence-corrected chi connectivity index (χ3v) is 8.20. The van der Waals surface area contributed by atoms with Crippen molar-refractivity contribution in [3.63, 3.8) is 0 Å². The Morgan fingerprint density at radius 2 is 1.75 bits per heavy atom. The van der Waals surface area contributed by atoms with Crippen LogP contribution < -0.4 is 4.74 Å². The zero-order valence-corrected chi connectivity index (χ0v) is 22.5. The number of pyridine rings is 1. The van der Waals surface area contributed by atoms with Crippen LogP contribution in [0.3, 0.4) is 0 Å². The number of hydrogen-bond acceptors (Lipinski definition) is 6. The highest BCUT2D eigenvalue weighted by Gasteiger charge is 2.31. The van der Waals surface area contributed by atoms with Crippen molar-refractivity contribution in [2.24, 2.45) is 0 Å². The van der Waals surface area contributed by atoms with Gasteiger partial charge in [0.1, 0.15) is 18.2 Å². The molecule has 0 radical (unpaired) electrons. The van der Waals surface area contributed by atoms with Gasteiger partial charge < -0.3 is 14.4 Å². The minimum absolute atomic E-state index is 0. The summed E-state index contributed by atoms with van der Waals surface area (Å²) >= 11 is 0. The van der Waals surface area contributed by atoms with E-state index in [1.807, 2.05) is 6.07 Å². The van der Waals surface area contributed by atoms with Crippen molar-refractivity contribution in [2.75, 3.05) is 46.5 Å². The Morgan fingerprint density at radius 3 is 2.47 bits per heavy atom. The normalized spacial score (nSPS) is 14.9. The van der Waals surface area contributed by atoms with E-state index >= 15 is 0 Å². The zero-order chi connectivity index (χ0) is 24.0. The van der Waals surface area contributed by atoms with Crippen LogP contribution in [-0.2, 0) is 14.8 Å². The van der Waals surface area contributed by atoms with Gasteiger partial charge in [-0.25, -0.2) is 12.8 Å². The maximum atomic E-state index is 13.4. The van der Waals surface area contributed by atoms with E-state index < -0.39 is 10.0 Å². The second kappa shape index (κ2) is 14.1. The van der Waals surface area contributed by atoms with Crippen molar-refractivity contribution in [3.8, 4) is 5.75 Å². The molecule has 1 fully saturated rings. The summed E-state index contributed by atoms with van der Waals surface area (Å²) in [5.74, 6) is 0.327. The Balaban J connectivity index is 0.00000228. The van der Waals surface area contributed by atoms with Gasteiger partial charge in [0.15, 0.2) is 0 Å². The van der Waals surface area contributed by atoms with Crippen molar-refractivity contribution in [1.29, 1.82) is 0 Å². The first-order chi connectivity index (χ1) is 16.4. The number of benzene rings is 2. The van der Waals surface area contributed by atoms with E-state index in [9.17, 15) is 12.8 Å². The molecule has 1 saturated heterocycles. The summed E-state index contributed by atoms with van der Waals surface area (Å²) in [6.45, 7) is 3.86. The van der Waals surface area contributed by atoms with Crippen molar-refractivity contribution in [3.05, 3.63) is 66.7 Å². The lowest BCUT2D eigenvalue weighted by Gasteiger charge is -2.36. The maximum absolute atomic E-state index is 13.4. The molecule has 0 unspecified atom stereocenters. The number of halogens is 3. The molecule has 4 rings (SSSR count). The van der Waals surface area contributed by atoms with E-state index in [4.69, 9.17) is 9.47 Å². The molecule has 11 heteroatoms. The molecule has 2 heterocycles. The molecule has 0 bridgehead atoms. The molecule has 36 heavy (non-hydrogen) atoms. The first-order valence-electron chi connectivity index (χ1n) is 11.4. The molecule has 0 saturated carbocycles. The first kappa shape index (κ1) is 30.2. The van der Waals surface area contributed by atoms with Gasteiger partial charge in [-0.05, 0) is 62.3 Å². The second-order valence-electron chi connectivity index (χ2n) is 8.36. The number of likely N-dealkylation sites (tertiary alicyclic amines) is 1. The molecular weight excluding hydrogens is 528 g/mol. The fourth-order valence-corrected chi connectivity index (χ4v) is 5.85. The van der Waals surface area contributed by atoms with Crippen LogP contribution in [0.4, 0.5) is 4.39 Å². The van der Waals surface area contributed by atoms with E-state index in [-0.39, 0.29) is 36.7 Å². The molecule has 2 aromatic carbocycles. The van der Waals surface area contributed by atoms with Crippen molar-refractivity contribution >= 4 is 45.6 Å². The molecule has 0 atom stereocenters. The Hall–Kier alpha value is -2.01. The number of rotatable bonds is 10. The summed E-state index contributed by atoms with van der Waals surface area (Å²) in [4.78, 5) is 6.71. The number of fused-ring (bicyclic) bond motifs is 1. The summed E-state index contributed by atoms with van der Waals surface area (Å²) < 4.78 is 52.3. The van der Waals surface area contributed by atoms with Crippen LogP contribution in [0.5, 0.6) is 5.75 Å². The van der Waals surface area contributed by atoms with Gasteiger partial charge in [-0.15, -0.1) is 24.8 Å². The minimum atomic E-state index is -3.61. The standard InChI is InChI=1S/C25H30FN3O4S.2ClH/c1-28(34(30,31)25-4-2-3-20-19-27-12-9-24(20)25)22-10-13-29(14-11-22)15-16-32-17-18-33-23-7-5-21(26)6-8-23;;/h2-9,12,19,22H,10-11,13-18H2,1H3;2*1H. The molecule has 0 spiro atoms. The predicted octanol–water partition coefficient (Wildman–Crippen LogP) is 4.40. The van der Waals surface area contributed by atoms with Gasteiger partial charge >= 0.3 is 0 Å². The van der Waals surface area contributed by atoms with Crippen molar-refractivity contribution in [1.82, 2.24) is 14.2 Å². The SMILES string of the molecule is CN(C1CCN(CCOCCOc2ccc(F)cc2)CC1)S(=O)(=O)c1cccc2cnccc12.Cl.Cl. The number of piperidine rings is 1. The van der Waals surface area contributed by atoms with Crippen LogP contribution in [0.15, 0.2) is 65.8 Å². The van der Waals surface area contributed by atoms with Gasteiger partial charge in [0.05, 0.1) is 18.1 Å². The Morgan fingerprint density at radius 1 is 1.03 bits per heavy atom. The number of nitrogens with zero attached hydrogens (tertiary/aromatic N) is 3. The zero-order valence-electron chi connectivity index (χ0n) is 20.1. The van der Waals surface area contributed by atoms with Crippen LogP contribution >= 0.6 is 24.8 Å². The molecule has 0 aliphatic carbocycles. The smallest absolute Gasteiger partial charge is 0.243 e. The van der Waals surface area contributed by atoms with Crippen LogP contribution in [0, 0.1) is 5.82 Å². The Kier molecular flexibility index (Phi) is 11.8. The number of hydrogen-bond donors (Lipinski definition) is 0. The molecule has 3 aromatic rings. The third-order valence-electron chi connectivity index (χ3n) is 6.23. The minimum Gasteiger partial charge on any atom is -0.491 e. The van der Waals surface area contributed by atoms with E-state index in [2.05, 4.69) is 9.88 Å². The first-order valence-corrected chi connectivity index (χ1v) is 12.9. The van der Waals surface area contributed by atoms with Gasteiger partial charge in [-0.1, -0.05) is 12.1 Å². The summed E-state index contributed by atoms with van der Waals surface area (Å²) in [6, 6.07) is 12.9. The predicted molar refractivity (Wildman–Crippen MR) is 143 cm³/mol. The van der Waals surface area contributed by atoms with Crippen LogP contribution in [0.1, 0.15) is 12.8 Å². The lowest BCUT2D eigenvalue weighted by Crippen LogP contribution is -2.46. The average Bonchev–Trinajstić information content (AvgIpc) is 2.86. The van der Waals surface area contributed by atoms with Gasteiger partial charge in [0, 0.05) is 42.8 Å². The summed E-state index contributed by atoms with van der Waals surface area (Å²) in [7, 11) is -1.93. The number of sulfonamides is 1. The van der Waals surface area contributed by atoms with E-state index in [0.717, 1.165) is 37.9 Å². The van der Waals surface area contributed by atoms with Gasteiger partial charge in [-0.3, -0.25) is 4.98 Å². The molecule has 0 amide bonds. The molecule has 1 aliphatic heterocycles. The lowest BCUT2D eigenvalue weighted by atomic mass is 10.1. The Bertz CT molecular complexity index is 1190. The highest BCUT2D eigenvalue weighted by Crippen LogP contribution is 2.28. The van der Waals surface area contributed by atoms with Crippen molar-refractivity contribution in [2.45, 2.75) is 23.8 Å².